The lowest BCUT2D eigenvalue weighted by atomic mass is 10.3. The summed E-state index contributed by atoms with van der Waals surface area (Å²) >= 11 is 11.8. The molecule has 0 fully saturated rings. The van der Waals surface area contributed by atoms with Gasteiger partial charge in [-0.25, -0.2) is 9.37 Å². The molecule has 5 nitrogen and oxygen atoms in total. The van der Waals surface area contributed by atoms with E-state index in [-0.39, 0.29) is 17.5 Å². The van der Waals surface area contributed by atoms with Crippen LogP contribution in [-0.2, 0) is 0 Å². The van der Waals surface area contributed by atoms with Crippen molar-refractivity contribution in [1.29, 1.82) is 0 Å². The first-order valence-corrected chi connectivity index (χ1v) is 5.79. The molecule has 0 amide bonds. The highest BCUT2D eigenvalue weighted by Crippen LogP contribution is 2.33. The summed E-state index contributed by atoms with van der Waals surface area (Å²) in [6.07, 6.45) is 0.939. The van der Waals surface area contributed by atoms with Crippen LogP contribution in [0.25, 0.3) is 0 Å². The highest BCUT2D eigenvalue weighted by molar-refractivity contribution is 6.38. The van der Waals surface area contributed by atoms with Crippen LogP contribution >= 0.6 is 23.2 Å². The highest BCUT2D eigenvalue weighted by atomic mass is 35.5. The number of hydrogen-bond acceptors (Lipinski definition) is 5. The van der Waals surface area contributed by atoms with Crippen LogP contribution in [-0.4, -0.2) is 17.1 Å². The molecule has 0 unspecified atom stereocenters. The van der Waals surface area contributed by atoms with Gasteiger partial charge in [0.2, 0.25) is 5.82 Å². The van der Waals surface area contributed by atoms with Crippen molar-refractivity contribution in [3.8, 4) is 6.01 Å². The van der Waals surface area contributed by atoms with E-state index >= 15 is 0 Å². The van der Waals surface area contributed by atoms with Crippen molar-refractivity contribution < 1.29 is 9.13 Å². The van der Waals surface area contributed by atoms with Gasteiger partial charge in [0.25, 0.3) is 0 Å². The highest BCUT2D eigenvalue weighted by Gasteiger charge is 2.08. The minimum atomic E-state index is -0.729. The van der Waals surface area contributed by atoms with E-state index in [1.54, 1.807) is 18.2 Å². The first kappa shape index (κ1) is 13.6. The third kappa shape index (κ3) is 3.15. The number of halogens is 3. The topological polar surface area (TPSA) is 59.7 Å². The molecule has 0 aliphatic heterocycles. The molecule has 0 aliphatic carbocycles. The number of aromatic nitrogens is 2. The van der Waals surface area contributed by atoms with Crippen molar-refractivity contribution in [3.05, 3.63) is 40.3 Å². The van der Waals surface area contributed by atoms with Crippen LogP contribution in [0, 0.1) is 5.82 Å². The molecule has 19 heavy (non-hydrogen) atoms. The minimum Gasteiger partial charge on any atom is -0.467 e. The zero-order valence-corrected chi connectivity index (χ0v) is 11.2. The Morgan fingerprint density at radius 3 is 2.53 bits per heavy atom. The predicted octanol–water partition coefficient (Wildman–Crippen LogP) is 4.35. The zero-order valence-electron chi connectivity index (χ0n) is 9.64. The maximum Gasteiger partial charge on any atom is 0.318 e. The Labute approximate surface area is 118 Å². The molecule has 0 atom stereocenters. The largest absolute Gasteiger partial charge is 0.467 e. The van der Waals surface area contributed by atoms with E-state index in [1.165, 1.54) is 7.11 Å². The summed E-state index contributed by atoms with van der Waals surface area (Å²) in [5, 5.41) is 8.05. The third-order valence-electron chi connectivity index (χ3n) is 2.07. The van der Waals surface area contributed by atoms with Gasteiger partial charge in [-0.15, -0.1) is 10.2 Å². The summed E-state index contributed by atoms with van der Waals surface area (Å²) in [6, 6.07) is 4.84. The molecule has 1 aromatic carbocycles. The average molecular weight is 301 g/mol. The van der Waals surface area contributed by atoms with Gasteiger partial charge in [-0.1, -0.05) is 29.3 Å². The molecule has 2 aromatic rings. The molecule has 0 spiro atoms. The fraction of sp³-hybridized carbons (Fsp3) is 0.0909. The van der Waals surface area contributed by atoms with E-state index in [0.717, 1.165) is 6.20 Å². The van der Waals surface area contributed by atoms with Crippen molar-refractivity contribution >= 4 is 34.7 Å². The first-order chi connectivity index (χ1) is 9.11. The number of nitrogens with zero attached hydrogens (tertiary/aromatic N) is 4. The number of benzene rings is 1. The normalized spacial score (nSPS) is 10.9. The number of azo groups is 1. The summed E-state index contributed by atoms with van der Waals surface area (Å²) < 4.78 is 18.2. The second-order valence-electron chi connectivity index (χ2n) is 3.30. The maximum absolute atomic E-state index is 13.4. The molecule has 8 heteroatoms. The Morgan fingerprint density at radius 2 is 1.89 bits per heavy atom. The first-order valence-electron chi connectivity index (χ1n) is 5.04. The smallest absolute Gasteiger partial charge is 0.318 e. The van der Waals surface area contributed by atoms with Crippen molar-refractivity contribution in [3.63, 3.8) is 0 Å². The van der Waals surface area contributed by atoms with Crippen LogP contribution in [0.1, 0.15) is 0 Å². The van der Waals surface area contributed by atoms with Crippen molar-refractivity contribution in [1.82, 2.24) is 9.97 Å². The Morgan fingerprint density at radius 1 is 1.21 bits per heavy atom. The van der Waals surface area contributed by atoms with Gasteiger partial charge in [0.15, 0.2) is 5.82 Å². The van der Waals surface area contributed by atoms with Gasteiger partial charge in [-0.3, -0.25) is 0 Å². The van der Waals surface area contributed by atoms with Crippen LogP contribution in [0.2, 0.25) is 10.0 Å². The molecule has 0 saturated carbocycles. The van der Waals surface area contributed by atoms with Gasteiger partial charge in [0.05, 0.1) is 23.4 Å². The van der Waals surface area contributed by atoms with Crippen LogP contribution in [0.4, 0.5) is 15.9 Å². The molecule has 0 radical (unpaired) electrons. The zero-order chi connectivity index (χ0) is 13.8. The summed E-state index contributed by atoms with van der Waals surface area (Å²) in [5.41, 5.74) is 0.239. The van der Waals surface area contributed by atoms with Gasteiger partial charge < -0.3 is 4.74 Å². The van der Waals surface area contributed by atoms with Crippen molar-refractivity contribution in [2.24, 2.45) is 10.2 Å². The lowest BCUT2D eigenvalue weighted by molar-refractivity contribution is 0.377. The van der Waals surface area contributed by atoms with E-state index in [9.17, 15) is 4.39 Å². The lowest BCUT2D eigenvalue weighted by Crippen LogP contribution is -1.92. The number of hydrogen-bond donors (Lipinski definition) is 0. The molecule has 0 aliphatic rings. The molecule has 0 N–H and O–H groups in total. The van der Waals surface area contributed by atoms with Crippen LogP contribution in [0.5, 0.6) is 6.01 Å². The summed E-state index contributed by atoms with van der Waals surface area (Å²) in [4.78, 5) is 7.30. The summed E-state index contributed by atoms with van der Waals surface area (Å²) in [5.74, 6) is -0.990. The molecule has 0 saturated heterocycles. The summed E-state index contributed by atoms with van der Waals surface area (Å²) in [6.45, 7) is 0. The standard InChI is InChI=1S/C11H7Cl2FN4O/c1-19-11-15-5-8(14)10(16-11)18-17-9-6(12)3-2-4-7(9)13/h2-5H,1H3/b18-17+. The van der Waals surface area contributed by atoms with Crippen molar-refractivity contribution in [2.75, 3.05) is 7.11 Å². The van der Waals surface area contributed by atoms with E-state index in [1.807, 2.05) is 0 Å². The second-order valence-corrected chi connectivity index (χ2v) is 4.11. The third-order valence-corrected chi connectivity index (χ3v) is 2.68. The number of methoxy groups -OCH3 is 1. The van der Waals surface area contributed by atoms with E-state index in [0.29, 0.717) is 10.0 Å². The van der Waals surface area contributed by atoms with Crippen molar-refractivity contribution in [2.45, 2.75) is 0 Å². The number of ether oxygens (including phenoxy) is 1. The Kier molecular flexibility index (Phi) is 4.24. The van der Waals surface area contributed by atoms with Gasteiger partial charge in [-0.2, -0.15) is 4.98 Å². The van der Waals surface area contributed by atoms with E-state index in [4.69, 9.17) is 27.9 Å². The van der Waals surface area contributed by atoms with Gasteiger partial charge in [-0.05, 0) is 12.1 Å². The van der Waals surface area contributed by atoms with Gasteiger partial charge >= 0.3 is 6.01 Å². The van der Waals surface area contributed by atoms with E-state index < -0.39 is 5.82 Å². The SMILES string of the molecule is COc1ncc(F)c(/N=N/c2c(Cl)cccc2Cl)n1. The molecule has 2 rings (SSSR count). The quantitative estimate of drug-likeness (QED) is 0.792. The Hall–Kier alpha value is -1.79. The summed E-state index contributed by atoms with van der Waals surface area (Å²) in [7, 11) is 1.36. The maximum atomic E-state index is 13.4. The number of rotatable bonds is 3. The molecule has 0 bridgehead atoms. The fourth-order valence-electron chi connectivity index (χ4n) is 1.19. The monoisotopic (exact) mass is 300 g/mol. The second kappa shape index (κ2) is 5.90. The molecule has 98 valence electrons. The molecule has 1 aromatic heterocycles. The molecular formula is C11H7Cl2FN4O. The molecule has 1 heterocycles. The predicted molar refractivity (Wildman–Crippen MR) is 69.2 cm³/mol. The Balaban J connectivity index is 2.37. The van der Waals surface area contributed by atoms with Gasteiger partial charge in [0, 0.05) is 0 Å². The lowest BCUT2D eigenvalue weighted by Gasteiger charge is -2.00. The minimum absolute atomic E-state index is 0.0133. The van der Waals surface area contributed by atoms with Gasteiger partial charge in [0.1, 0.15) is 5.69 Å². The van der Waals surface area contributed by atoms with Crippen LogP contribution < -0.4 is 4.74 Å². The van der Waals surface area contributed by atoms with E-state index in [2.05, 4.69) is 20.2 Å². The van der Waals surface area contributed by atoms with Crippen LogP contribution in [0.3, 0.4) is 0 Å². The van der Waals surface area contributed by atoms with Crippen LogP contribution in [0.15, 0.2) is 34.6 Å². The Bertz CT molecular complexity index is 616. The average Bonchev–Trinajstić information content (AvgIpc) is 2.40. The fourth-order valence-corrected chi connectivity index (χ4v) is 1.67. The molecular weight excluding hydrogens is 294 g/mol.